The molecule has 2 aromatic heterocycles. The van der Waals surface area contributed by atoms with E-state index < -0.39 is 0 Å². The fraction of sp³-hybridized carbons (Fsp3) is 0.300. The Kier molecular flexibility index (Phi) is 2.72. The molecule has 0 aromatic carbocycles. The first-order valence-corrected chi connectivity index (χ1v) is 4.91. The standard InChI is InChI=1S/C10H13N5O/c1-6-8(7(2)16-15-6)5-12-10-4-3-9(11)13-14-10/h3-4H,5H2,1-2H3,(H2,11,13)(H,12,14). The molecule has 3 N–H and O–H groups in total. The SMILES string of the molecule is Cc1noc(C)c1CNc1ccc(N)nn1. The molecule has 2 heterocycles. The average Bonchev–Trinajstić information content (AvgIpc) is 2.59. The molecule has 2 aromatic rings. The van der Waals surface area contributed by atoms with E-state index in [9.17, 15) is 0 Å². The van der Waals surface area contributed by atoms with Gasteiger partial charge in [-0.05, 0) is 26.0 Å². The van der Waals surface area contributed by atoms with Crippen LogP contribution in [0.2, 0.25) is 0 Å². The monoisotopic (exact) mass is 219 g/mol. The van der Waals surface area contributed by atoms with E-state index in [1.807, 2.05) is 13.8 Å². The number of hydrogen-bond donors (Lipinski definition) is 2. The second kappa shape index (κ2) is 4.18. The summed E-state index contributed by atoms with van der Waals surface area (Å²) < 4.78 is 5.06. The van der Waals surface area contributed by atoms with E-state index in [4.69, 9.17) is 10.3 Å². The van der Waals surface area contributed by atoms with Crippen LogP contribution >= 0.6 is 0 Å². The largest absolute Gasteiger partial charge is 0.382 e. The number of nitrogen functional groups attached to an aromatic ring is 1. The van der Waals surface area contributed by atoms with Crippen molar-refractivity contribution in [2.75, 3.05) is 11.1 Å². The highest BCUT2D eigenvalue weighted by molar-refractivity contribution is 5.39. The highest BCUT2D eigenvalue weighted by atomic mass is 16.5. The van der Waals surface area contributed by atoms with E-state index in [1.165, 1.54) is 0 Å². The molecule has 6 nitrogen and oxygen atoms in total. The van der Waals surface area contributed by atoms with Gasteiger partial charge in [-0.2, -0.15) is 0 Å². The number of nitrogens with zero attached hydrogens (tertiary/aromatic N) is 3. The number of rotatable bonds is 3. The molecule has 2 rings (SSSR count). The lowest BCUT2D eigenvalue weighted by Crippen LogP contribution is -2.04. The van der Waals surface area contributed by atoms with Crippen LogP contribution in [-0.2, 0) is 6.54 Å². The minimum Gasteiger partial charge on any atom is -0.382 e. The maximum absolute atomic E-state index is 5.44. The van der Waals surface area contributed by atoms with Gasteiger partial charge in [0.05, 0.1) is 5.69 Å². The zero-order valence-corrected chi connectivity index (χ0v) is 9.19. The summed E-state index contributed by atoms with van der Waals surface area (Å²) in [6.45, 7) is 4.40. The summed E-state index contributed by atoms with van der Waals surface area (Å²) in [5.74, 6) is 1.89. The molecule has 0 saturated carbocycles. The Labute approximate surface area is 92.8 Å². The number of nitrogens with one attached hydrogen (secondary N) is 1. The molecule has 0 radical (unpaired) electrons. The fourth-order valence-corrected chi connectivity index (χ4v) is 1.37. The molecule has 0 spiro atoms. The molecule has 0 fully saturated rings. The number of aryl methyl sites for hydroxylation is 2. The van der Waals surface area contributed by atoms with Crippen LogP contribution in [0.25, 0.3) is 0 Å². The Bertz CT molecular complexity index is 457. The average molecular weight is 219 g/mol. The Morgan fingerprint density at radius 2 is 2.12 bits per heavy atom. The van der Waals surface area contributed by atoms with Crippen molar-refractivity contribution >= 4 is 11.6 Å². The molecular formula is C10H13N5O. The molecule has 84 valence electrons. The van der Waals surface area contributed by atoms with Crippen molar-refractivity contribution < 1.29 is 4.52 Å². The van der Waals surface area contributed by atoms with Crippen LogP contribution in [0.1, 0.15) is 17.0 Å². The normalized spacial score (nSPS) is 10.4. The molecule has 0 aliphatic rings. The maximum atomic E-state index is 5.44. The smallest absolute Gasteiger partial charge is 0.149 e. The third-order valence-corrected chi connectivity index (χ3v) is 2.31. The molecule has 0 aliphatic carbocycles. The van der Waals surface area contributed by atoms with Crippen LogP contribution in [0, 0.1) is 13.8 Å². The van der Waals surface area contributed by atoms with Crippen LogP contribution in [0.5, 0.6) is 0 Å². The quantitative estimate of drug-likeness (QED) is 0.808. The molecule has 6 heteroatoms. The fourth-order valence-electron chi connectivity index (χ4n) is 1.37. The van der Waals surface area contributed by atoms with Crippen molar-refractivity contribution in [3.05, 3.63) is 29.2 Å². The van der Waals surface area contributed by atoms with Crippen molar-refractivity contribution in [2.24, 2.45) is 0 Å². The second-order valence-corrected chi connectivity index (χ2v) is 3.50. The molecule has 0 saturated heterocycles. The van der Waals surface area contributed by atoms with Gasteiger partial charge in [0, 0.05) is 12.1 Å². The van der Waals surface area contributed by atoms with Gasteiger partial charge in [0.2, 0.25) is 0 Å². The van der Waals surface area contributed by atoms with Crippen molar-refractivity contribution in [3.8, 4) is 0 Å². The summed E-state index contributed by atoms with van der Waals surface area (Å²) in [5.41, 5.74) is 7.36. The predicted octanol–water partition coefficient (Wildman–Crippen LogP) is 1.28. The van der Waals surface area contributed by atoms with Crippen molar-refractivity contribution in [1.29, 1.82) is 0 Å². The van der Waals surface area contributed by atoms with Crippen LogP contribution in [0.4, 0.5) is 11.6 Å². The number of aromatic nitrogens is 3. The van der Waals surface area contributed by atoms with Crippen molar-refractivity contribution in [3.63, 3.8) is 0 Å². The second-order valence-electron chi connectivity index (χ2n) is 3.50. The van der Waals surface area contributed by atoms with Crippen LogP contribution in [-0.4, -0.2) is 15.4 Å². The Morgan fingerprint density at radius 3 is 2.69 bits per heavy atom. The van der Waals surface area contributed by atoms with Crippen LogP contribution in [0.3, 0.4) is 0 Å². The number of anilines is 2. The van der Waals surface area contributed by atoms with Gasteiger partial charge in [-0.25, -0.2) is 0 Å². The molecule has 0 atom stereocenters. The van der Waals surface area contributed by atoms with Gasteiger partial charge < -0.3 is 15.6 Å². The van der Waals surface area contributed by atoms with E-state index in [0.717, 1.165) is 17.0 Å². The van der Waals surface area contributed by atoms with Crippen molar-refractivity contribution in [2.45, 2.75) is 20.4 Å². The van der Waals surface area contributed by atoms with E-state index in [0.29, 0.717) is 18.2 Å². The number of hydrogen-bond acceptors (Lipinski definition) is 6. The van der Waals surface area contributed by atoms with Gasteiger partial charge in [0.25, 0.3) is 0 Å². The highest BCUT2D eigenvalue weighted by Crippen LogP contribution is 2.13. The lowest BCUT2D eigenvalue weighted by Gasteiger charge is -2.03. The maximum Gasteiger partial charge on any atom is 0.149 e. The zero-order chi connectivity index (χ0) is 11.5. The number of nitrogens with two attached hydrogens (primary N) is 1. The third-order valence-electron chi connectivity index (χ3n) is 2.31. The predicted molar refractivity (Wildman–Crippen MR) is 59.7 cm³/mol. The van der Waals surface area contributed by atoms with Gasteiger partial charge >= 0.3 is 0 Å². The third kappa shape index (κ3) is 2.10. The summed E-state index contributed by atoms with van der Waals surface area (Å²) in [6.07, 6.45) is 0. The molecule has 0 unspecified atom stereocenters. The van der Waals surface area contributed by atoms with E-state index in [1.54, 1.807) is 12.1 Å². The van der Waals surface area contributed by atoms with Gasteiger partial charge in [-0.15, -0.1) is 10.2 Å². The van der Waals surface area contributed by atoms with Gasteiger partial charge in [-0.1, -0.05) is 5.16 Å². The molecule has 16 heavy (non-hydrogen) atoms. The molecule has 0 aliphatic heterocycles. The molecule has 0 bridgehead atoms. The van der Waals surface area contributed by atoms with E-state index in [2.05, 4.69) is 20.7 Å². The summed E-state index contributed by atoms with van der Waals surface area (Å²) >= 11 is 0. The molecular weight excluding hydrogens is 206 g/mol. The van der Waals surface area contributed by atoms with Gasteiger partial charge in [0.1, 0.15) is 17.4 Å². The summed E-state index contributed by atoms with van der Waals surface area (Å²) in [6, 6.07) is 3.48. The highest BCUT2D eigenvalue weighted by Gasteiger charge is 2.08. The Balaban J connectivity index is 2.05. The van der Waals surface area contributed by atoms with Gasteiger partial charge in [0.15, 0.2) is 0 Å². The lowest BCUT2D eigenvalue weighted by atomic mass is 10.2. The van der Waals surface area contributed by atoms with Crippen LogP contribution in [0.15, 0.2) is 16.7 Å². The summed E-state index contributed by atoms with van der Waals surface area (Å²) in [4.78, 5) is 0. The zero-order valence-electron chi connectivity index (χ0n) is 9.19. The minimum absolute atomic E-state index is 0.405. The van der Waals surface area contributed by atoms with Crippen molar-refractivity contribution in [1.82, 2.24) is 15.4 Å². The molecule has 0 amide bonds. The minimum atomic E-state index is 0.405. The van der Waals surface area contributed by atoms with E-state index in [-0.39, 0.29) is 0 Å². The van der Waals surface area contributed by atoms with E-state index >= 15 is 0 Å². The van der Waals surface area contributed by atoms with Crippen LogP contribution < -0.4 is 11.1 Å². The summed E-state index contributed by atoms with van der Waals surface area (Å²) in [5, 5.41) is 14.6. The van der Waals surface area contributed by atoms with Gasteiger partial charge in [-0.3, -0.25) is 0 Å². The lowest BCUT2D eigenvalue weighted by molar-refractivity contribution is 0.392. The first-order valence-electron chi connectivity index (χ1n) is 4.91. The first-order chi connectivity index (χ1) is 7.66. The first kappa shape index (κ1) is 10.4. The topological polar surface area (TPSA) is 89.9 Å². The Hall–Kier alpha value is -2.11. The Morgan fingerprint density at radius 1 is 1.31 bits per heavy atom. The summed E-state index contributed by atoms with van der Waals surface area (Å²) in [7, 11) is 0.